The lowest BCUT2D eigenvalue weighted by Gasteiger charge is -2.34. The van der Waals surface area contributed by atoms with Crippen LogP contribution in [0.3, 0.4) is 0 Å². The monoisotopic (exact) mass is 355 g/mol. The number of halogens is 1. The van der Waals surface area contributed by atoms with Gasteiger partial charge in [-0.15, -0.1) is 0 Å². The van der Waals surface area contributed by atoms with E-state index in [-0.39, 0.29) is 11.9 Å². The van der Waals surface area contributed by atoms with Gasteiger partial charge < -0.3 is 19.2 Å². The van der Waals surface area contributed by atoms with Crippen LogP contribution in [-0.4, -0.2) is 39.2 Å². The fourth-order valence-electron chi connectivity index (χ4n) is 4.32. The molecule has 0 radical (unpaired) electrons. The third-order valence-corrected chi connectivity index (χ3v) is 5.65. The Morgan fingerprint density at radius 2 is 2.08 bits per heavy atom. The lowest BCUT2D eigenvalue weighted by Crippen LogP contribution is -2.36. The molecule has 136 valence electrons. The van der Waals surface area contributed by atoms with Crippen LogP contribution in [0.25, 0.3) is 11.0 Å². The van der Waals surface area contributed by atoms with Gasteiger partial charge in [0.2, 0.25) is 5.95 Å². The molecule has 6 nitrogen and oxygen atoms in total. The fraction of sp³-hybridized carbons (Fsp3) is 0.474. The van der Waals surface area contributed by atoms with E-state index in [9.17, 15) is 4.39 Å². The van der Waals surface area contributed by atoms with Crippen molar-refractivity contribution < 1.29 is 9.13 Å². The topological polar surface area (TPSA) is 59.0 Å². The minimum absolute atomic E-state index is 0.180. The first-order valence-electron chi connectivity index (χ1n) is 9.21. The van der Waals surface area contributed by atoms with E-state index in [2.05, 4.69) is 33.3 Å². The Balaban J connectivity index is 1.48. The number of H-pyrrole nitrogens is 1. The molecule has 2 aliphatic heterocycles. The van der Waals surface area contributed by atoms with Crippen molar-refractivity contribution in [2.45, 2.75) is 38.6 Å². The highest BCUT2D eigenvalue weighted by Gasteiger charge is 2.30. The number of aromatic amines is 1. The van der Waals surface area contributed by atoms with Crippen LogP contribution in [0.1, 0.15) is 43.1 Å². The van der Waals surface area contributed by atoms with Crippen molar-refractivity contribution in [3.05, 3.63) is 35.7 Å². The van der Waals surface area contributed by atoms with E-state index in [1.807, 2.05) is 0 Å². The standard InChI is InChI=1S/C19H22FN5O/c1-11-9-26-16-8-14(20)7-15-18(16)25(11)19(23-15)24-5-3-13(4-6-24)17-12(2)21-10-22-17/h7-8,10-11,13H,3-6,9H2,1-2H3,(H,21,22). The summed E-state index contributed by atoms with van der Waals surface area (Å²) in [6, 6.07) is 3.14. The van der Waals surface area contributed by atoms with Gasteiger partial charge in [0.15, 0.2) is 0 Å². The van der Waals surface area contributed by atoms with E-state index in [1.54, 1.807) is 6.33 Å². The van der Waals surface area contributed by atoms with Gasteiger partial charge in [0, 0.05) is 36.8 Å². The van der Waals surface area contributed by atoms with Gasteiger partial charge in [-0.05, 0) is 26.7 Å². The van der Waals surface area contributed by atoms with Gasteiger partial charge in [0.05, 0.1) is 23.6 Å². The van der Waals surface area contributed by atoms with Crippen molar-refractivity contribution in [2.24, 2.45) is 0 Å². The molecular formula is C19H22FN5O. The van der Waals surface area contributed by atoms with Crippen LogP contribution in [0.2, 0.25) is 0 Å². The molecule has 1 fully saturated rings. The highest BCUT2D eigenvalue weighted by Crippen LogP contribution is 2.39. The van der Waals surface area contributed by atoms with Gasteiger partial charge in [-0.25, -0.2) is 14.4 Å². The van der Waals surface area contributed by atoms with E-state index >= 15 is 0 Å². The fourth-order valence-corrected chi connectivity index (χ4v) is 4.32. The van der Waals surface area contributed by atoms with Crippen molar-refractivity contribution in [3.8, 4) is 5.75 Å². The molecule has 1 atom stereocenters. The predicted molar refractivity (Wildman–Crippen MR) is 97.4 cm³/mol. The zero-order valence-electron chi connectivity index (χ0n) is 15.0. The molecule has 1 aromatic carbocycles. The summed E-state index contributed by atoms with van der Waals surface area (Å²) in [5.74, 6) is 1.71. The zero-order valence-corrected chi connectivity index (χ0v) is 15.0. The molecule has 2 aromatic heterocycles. The summed E-state index contributed by atoms with van der Waals surface area (Å²) in [7, 11) is 0. The molecule has 3 aromatic rings. The van der Waals surface area contributed by atoms with Gasteiger partial charge >= 0.3 is 0 Å². The number of piperidine rings is 1. The first-order chi connectivity index (χ1) is 12.6. The SMILES string of the molecule is Cc1[nH]cnc1C1CCN(c2nc3cc(F)cc4c3n2C(C)CO4)CC1. The second-order valence-corrected chi connectivity index (χ2v) is 7.39. The molecule has 26 heavy (non-hydrogen) atoms. The number of hydrogen-bond donors (Lipinski definition) is 1. The van der Waals surface area contributed by atoms with Gasteiger partial charge in [0.1, 0.15) is 23.7 Å². The Bertz CT molecular complexity index is 970. The second kappa shape index (κ2) is 5.72. The first kappa shape index (κ1) is 15.7. The highest BCUT2D eigenvalue weighted by molar-refractivity contribution is 5.86. The number of aryl methyl sites for hydroxylation is 1. The van der Waals surface area contributed by atoms with Crippen LogP contribution in [0, 0.1) is 12.7 Å². The number of nitrogens with one attached hydrogen (secondary N) is 1. The van der Waals surface area contributed by atoms with Crippen LogP contribution in [-0.2, 0) is 0 Å². The van der Waals surface area contributed by atoms with Crippen molar-refractivity contribution in [1.29, 1.82) is 0 Å². The minimum atomic E-state index is -0.300. The maximum Gasteiger partial charge on any atom is 0.207 e. The normalized spacial score (nSPS) is 20.6. The number of ether oxygens (including phenoxy) is 1. The minimum Gasteiger partial charge on any atom is -0.489 e. The molecule has 0 saturated carbocycles. The molecular weight excluding hydrogens is 333 g/mol. The van der Waals surface area contributed by atoms with Crippen LogP contribution >= 0.6 is 0 Å². The molecule has 0 amide bonds. The number of anilines is 1. The lowest BCUT2D eigenvalue weighted by atomic mass is 9.93. The molecule has 1 saturated heterocycles. The van der Waals surface area contributed by atoms with Crippen molar-refractivity contribution >= 4 is 17.0 Å². The van der Waals surface area contributed by atoms with E-state index < -0.39 is 0 Å². The Labute approximate surface area is 151 Å². The van der Waals surface area contributed by atoms with Crippen LogP contribution in [0.5, 0.6) is 5.75 Å². The molecule has 0 aliphatic carbocycles. The summed E-state index contributed by atoms with van der Waals surface area (Å²) in [5, 5.41) is 0. The maximum atomic E-state index is 13.9. The van der Waals surface area contributed by atoms with E-state index in [0.29, 0.717) is 23.8 Å². The summed E-state index contributed by atoms with van der Waals surface area (Å²) in [5.41, 5.74) is 3.93. The van der Waals surface area contributed by atoms with Gasteiger partial charge in [-0.3, -0.25) is 0 Å². The molecule has 1 N–H and O–H groups in total. The molecule has 0 spiro atoms. The van der Waals surface area contributed by atoms with Gasteiger partial charge in [-0.2, -0.15) is 0 Å². The van der Waals surface area contributed by atoms with E-state index in [0.717, 1.165) is 43.1 Å². The number of rotatable bonds is 2. The first-order valence-corrected chi connectivity index (χ1v) is 9.21. The molecule has 4 heterocycles. The van der Waals surface area contributed by atoms with Crippen LogP contribution < -0.4 is 9.64 Å². The van der Waals surface area contributed by atoms with Crippen molar-refractivity contribution in [2.75, 3.05) is 24.6 Å². The van der Waals surface area contributed by atoms with Crippen molar-refractivity contribution in [3.63, 3.8) is 0 Å². The Hall–Kier alpha value is -2.57. The van der Waals surface area contributed by atoms with Gasteiger partial charge in [-0.1, -0.05) is 0 Å². The summed E-state index contributed by atoms with van der Waals surface area (Å²) in [6.45, 7) is 6.59. The molecule has 5 rings (SSSR count). The van der Waals surface area contributed by atoms with Crippen LogP contribution in [0.4, 0.5) is 10.3 Å². The summed E-state index contributed by atoms with van der Waals surface area (Å²) in [6.07, 6.45) is 3.86. The highest BCUT2D eigenvalue weighted by atomic mass is 19.1. The Kier molecular flexibility index (Phi) is 3.45. The summed E-state index contributed by atoms with van der Waals surface area (Å²) < 4.78 is 21.8. The Morgan fingerprint density at radius 1 is 1.27 bits per heavy atom. The lowest BCUT2D eigenvalue weighted by molar-refractivity contribution is 0.247. The molecule has 7 heteroatoms. The molecule has 1 unspecified atom stereocenters. The number of imidazole rings is 2. The largest absolute Gasteiger partial charge is 0.489 e. The van der Waals surface area contributed by atoms with Crippen LogP contribution in [0.15, 0.2) is 18.5 Å². The summed E-state index contributed by atoms with van der Waals surface area (Å²) in [4.78, 5) is 14.8. The average Bonchev–Trinajstić information content (AvgIpc) is 3.23. The van der Waals surface area contributed by atoms with Gasteiger partial charge in [0.25, 0.3) is 0 Å². The smallest absolute Gasteiger partial charge is 0.207 e. The predicted octanol–water partition coefficient (Wildman–Crippen LogP) is 3.54. The zero-order chi connectivity index (χ0) is 17.8. The molecule has 0 bridgehead atoms. The van der Waals surface area contributed by atoms with Crippen molar-refractivity contribution in [1.82, 2.24) is 19.5 Å². The number of benzene rings is 1. The number of nitrogens with zero attached hydrogens (tertiary/aromatic N) is 4. The number of aromatic nitrogens is 4. The maximum absolute atomic E-state index is 13.9. The molecule has 2 aliphatic rings. The summed E-state index contributed by atoms with van der Waals surface area (Å²) >= 11 is 0. The van der Waals surface area contributed by atoms with E-state index in [1.165, 1.54) is 17.8 Å². The van der Waals surface area contributed by atoms with E-state index in [4.69, 9.17) is 9.72 Å². The second-order valence-electron chi connectivity index (χ2n) is 7.39. The third kappa shape index (κ3) is 2.29. The average molecular weight is 355 g/mol. The number of hydrogen-bond acceptors (Lipinski definition) is 4. The quantitative estimate of drug-likeness (QED) is 0.764. The third-order valence-electron chi connectivity index (χ3n) is 5.65. The Morgan fingerprint density at radius 3 is 2.81 bits per heavy atom.